The molecular formula is C18H27ClN2O4. The minimum atomic E-state index is -1.07. The number of phenols is 1. The van der Waals surface area contributed by atoms with Gasteiger partial charge in [0.15, 0.2) is 0 Å². The molecule has 0 fully saturated rings. The molecule has 0 saturated heterocycles. The molecule has 0 heterocycles. The van der Waals surface area contributed by atoms with Gasteiger partial charge in [0.05, 0.1) is 10.4 Å². The molecule has 6 nitrogen and oxygen atoms in total. The summed E-state index contributed by atoms with van der Waals surface area (Å²) in [6.07, 6.45) is 0.299. The van der Waals surface area contributed by atoms with Gasteiger partial charge in [-0.05, 0) is 58.2 Å². The van der Waals surface area contributed by atoms with Gasteiger partial charge in [-0.3, -0.25) is 4.79 Å². The summed E-state index contributed by atoms with van der Waals surface area (Å²) in [6, 6.07) is 4.54. The van der Waals surface area contributed by atoms with E-state index in [0.717, 1.165) is 10.5 Å². The van der Waals surface area contributed by atoms with E-state index in [4.69, 9.17) is 16.7 Å². The molecule has 0 radical (unpaired) electrons. The van der Waals surface area contributed by atoms with Crippen LogP contribution in [0, 0.1) is 5.41 Å². The zero-order chi connectivity index (χ0) is 19.4. The third-order valence-corrected chi connectivity index (χ3v) is 5.09. The molecule has 2 atom stereocenters. The Morgan fingerprint density at radius 2 is 1.92 bits per heavy atom. The fraction of sp³-hybridized carbons (Fsp3) is 0.556. The molecule has 0 unspecified atom stereocenters. The number of benzene rings is 1. The van der Waals surface area contributed by atoms with E-state index in [1.807, 2.05) is 13.0 Å². The van der Waals surface area contributed by atoms with Crippen molar-refractivity contribution in [2.45, 2.75) is 52.6 Å². The number of amides is 2. The van der Waals surface area contributed by atoms with Gasteiger partial charge in [-0.1, -0.05) is 17.7 Å². The van der Waals surface area contributed by atoms with E-state index >= 15 is 0 Å². The quantitative estimate of drug-likeness (QED) is 0.685. The van der Waals surface area contributed by atoms with Crippen LogP contribution in [0.4, 0.5) is 4.79 Å². The van der Waals surface area contributed by atoms with Crippen molar-refractivity contribution in [1.29, 1.82) is 0 Å². The van der Waals surface area contributed by atoms with Crippen LogP contribution in [0.25, 0.3) is 0 Å². The van der Waals surface area contributed by atoms with Gasteiger partial charge in [0.25, 0.3) is 0 Å². The lowest BCUT2D eigenvalue weighted by Gasteiger charge is -2.36. The van der Waals surface area contributed by atoms with Crippen LogP contribution >= 0.6 is 11.6 Å². The van der Waals surface area contributed by atoms with Crippen LogP contribution < -0.4 is 5.32 Å². The first-order valence-corrected chi connectivity index (χ1v) is 8.58. The minimum absolute atomic E-state index is 0.0440. The summed E-state index contributed by atoms with van der Waals surface area (Å²) in [5, 5.41) is 22.0. The highest BCUT2D eigenvalue weighted by Gasteiger charge is 2.38. The van der Waals surface area contributed by atoms with Crippen LogP contribution in [-0.2, 0) is 11.2 Å². The van der Waals surface area contributed by atoms with E-state index in [0.29, 0.717) is 17.9 Å². The van der Waals surface area contributed by atoms with E-state index in [1.54, 1.807) is 32.9 Å². The maximum absolute atomic E-state index is 12.6. The molecular weight excluding hydrogens is 344 g/mol. The van der Waals surface area contributed by atoms with E-state index in [2.05, 4.69) is 5.32 Å². The van der Waals surface area contributed by atoms with Crippen molar-refractivity contribution >= 4 is 23.6 Å². The fourth-order valence-corrected chi connectivity index (χ4v) is 2.54. The van der Waals surface area contributed by atoms with Gasteiger partial charge in [0.2, 0.25) is 5.91 Å². The molecule has 1 rings (SSSR count). The molecule has 0 aliphatic rings. The molecule has 1 aromatic carbocycles. The van der Waals surface area contributed by atoms with Crippen molar-refractivity contribution in [2.75, 3.05) is 7.05 Å². The fourth-order valence-electron chi connectivity index (χ4n) is 2.42. The average Bonchev–Trinajstić information content (AvgIpc) is 2.54. The van der Waals surface area contributed by atoms with E-state index < -0.39 is 17.6 Å². The number of hydrogen-bond acceptors (Lipinski definition) is 3. The first kappa shape index (κ1) is 21.1. The summed E-state index contributed by atoms with van der Waals surface area (Å²) in [4.78, 5) is 24.8. The van der Waals surface area contributed by atoms with Crippen molar-refractivity contribution in [3.8, 4) is 5.75 Å². The van der Waals surface area contributed by atoms with Crippen molar-refractivity contribution < 1.29 is 19.8 Å². The van der Waals surface area contributed by atoms with Gasteiger partial charge < -0.3 is 20.4 Å². The second-order valence-electron chi connectivity index (χ2n) is 6.99. The largest absolute Gasteiger partial charge is 0.506 e. The molecule has 2 amide bonds. The van der Waals surface area contributed by atoms with Crippen LogP contribution in [0.15, 0.2) is 18.2 Å². The zero-order valence-electron chi connectivity index (χ0n) is 15.3. The Bertz CT molecular complexity index is 634. The first-order valence-electron chi connectivity index (χ1n) is 8.21. The number of nitrogens with one attached hydrogen (secondary N) is 1. The molecule has 0 aliphatic carbocycles. The molecule has 25 heavy (non-hydrogen) atoms. The Hall–Kier alpha value is -1.95. The van der Waals surface area contributed by atoms with Gasteiger partial charge in [0, 0.05) is 19.1 Å². The number of aryl methyl sites for hydroxylation is 1. The highest BCUT2D eigenvalue weighted by atomic mass is 35.5. The molecule has 0 bridgehead atoms. The second-order valence-corrected chi connectivity index (χ2v) is 7.40. The lowest BCUT2D eigenvalue weighted by molar-refractivity contribution is -0.132. The van der Waals surface area contributed by atoms with Crippen LogP contribution in [-0.4, -0.2) is 46.2 Å². The zero-order valence-corrected chi connectivity index (χ0v) is 16.1. The Morgan fingerprint density at radius 3 is 2.44 bits per heavy atom. The summed E-state index contributed by atoms with van der Waals surface area (Å²) >= 11 is 5.79. The number of rotatable bonds is 7. The highest BCUT2D eigenvalue weighted by molar-refractivity contribution is 6.32. The summed E-state index contributed by atoms with van der Waals surface area (Å²) in [7, 11) is 1.46. The lowest BCUT2D eigenvalue weighted by atomic mass is 9.83. The predicted molar refractivity (Wildman–Crippen MR) is 98.1 cm³/mol. The van der Waals surface area contributed by atoms with E-state index in [1.165, 1.54) is 7.05 Å². The first-order chi connectivity index (χ1) is 11.5. The Labute approximate surface area is 153 Å². The third kappa shape index (κ3) is 5.53. The van der Waals surface area contributed by atoms with Crippen molar-refractivity contribution in [2.24, 2.45) is 5.41 Å². The van der Waals surface area contributed by atoms with Gasteiger partial charge in [0.1, 0.15) is 5.75 Å². The highest BCUT2D eigenvalue weighted by Crippen LogP contribution is 2.26. The van der Waals surface area contributed by atoms with Crippen LogP contribution in [0.1, 0.15) is 39.7 Å². The van der Waals surface area contributed by atoms with Gasteiger partial charge >= 0.3 is 6.09 Å². The summed E-state index contributed by atoms with van der Waals surface area (Å²) in [5.74, 6) is -0.151. The lowest BCUT2D eigenvalue weighted by Crippen LogP contribution is -2.53. The Kier molecular flexibility index (Phi) is 7.11. The summed E-state index contributed by atoms with van der Waals surface area (Å²) in [5.41, 5.74) is 0.0705. The van der Waals surface area contributed by atoms with Crippen molar-refractivity contribution in [1.82, 2.24) is 10.2 Å². The molecule has 7 heteroatoms. The topological polar surface area (TPSA) is 89.9 Å². The van der Waals surface area contributed by atoms with Gasteiger partial charge in [-0.2, -0.15) is 0 Å². The second kappa shape index (κ2) is 8.43. The SMILES string of the molecule is C[C@H](N(C)C(=O)O)C(C)(C)C(=O)N[C@@H](C)CCc1ccc(Cl)c(O)c1. The van der Waals surface area contributed by atoms with Crippen molar-refractivity contribution in [3.05, 3.63) is 28.8 Å². The number of nitrogens with zero attached hydrogens (tertiary/aromatic N) is 1. The Balaban J connectivity index is 2.62. The normalized spacial score (nSPS) is 13.8. The number of carbonyl (C=O) groups excluding carboxylic acids is 1. The van der Waals surface area contributed by atoms with Crippen LogP contribution in [0.3, 0.4) is 0 Å². The maximum atomic E-state index is 12.6. The maximum Gasteiger partial charge on any atom is 0.407 e. The Morgan fingerprint density at radius 1 is 1.32 bits per heavy atom. The summed E-state index contributed by atoms with van der Waals surface area (Å²) < 4.78 is 0. The number of halogens is 1. The number of aromatic hydroxyl groups is 1. The number of carbonyl (C=O) groups is 2. The molecule has 3 N–H and O–H groups in total. The van der Waals surface area contributed by atoms with Crippen LogP contribution in [0.2, 0.25) is 5.02 Å². The molecule has 0 aromatic heterocycles. The van der Waals surface area contributed by atoms with E-state index in [-0.39, 0.29) is 17.7 Å². The smallest absolute Gasteiger partial charge is 0.407 e. The van der Waals surface area contributed by atoms with Gasteiger partial charge in [-0.15, -0.1) is 0 Å². The van der Waals surface area contributed by atoms with Crippen molar-refractivity contribution in [3.63, 3.8) is 0 Å². The molecule has 1 aromatic rings. The van der Waals surface area contributed by atoms with Crippen LogP contribution in [0.5, 0.6) is 5.75 Å². The van der Waals surface area contributed by atoms with E-state index in [9.17, 15) is 14.7 Å². The number of carboxylic acid groups (broad SMARTS) is 1. The number of phenolic OH excluding ortho intramolecular Hbond substituents is 1. The summed E-state index contributed by atoms with van der Waals surface area (Å²) in [6.45, 7) is 7.08. The predicted octanol–water partition coefficient (Wildman–Crippen LogP) is 3.51. The minimum Gasteiger partial charge on any atom is -0.506 e. The number of hydrogen-bond donors (Lipinski definition) is 3. The average molecular weight is 371 g/mol. The van der Waals surface area contributed by atoms with Gasteiger partial charge in [-0.25, -0.2) is 4.79 Å². The molecule has 0 aliphatic heterocycles. The monoisotopic (exact) mass is 370 g/mol. The molecule has 0 spiro atoms. The molecule has 140 valence electrons. The molecule has 0 saturated carbocycles. The third-order valence-electron chi connectivity index (χ3n) is 4.77. The standard InChI is InChI=1S/C18H27ClN2O4/c1-11(6-7-13-8-9-14(19)15(22)10-13)20-16(23)18(3,4)12(2)21(5)17(24)25/h8-12,22H,6-7H2,1-5H3,(H,20,23)(H,24,25)/t11-,12-/m0/s1.